The second-order valence-corrected chi connectivity index (χ2v) is 7.42. The van der Waals surface area contributed by atoms with Crippen LogP contribution in [0.2, 0.25) is 0 Å². The van der Waals surface area contributed by atoms with Crippen LogP contribution in [0.3, 0.4) is 0 Å². The molecule has 182 valence electrons. The fourth-order valence-corrected chi connectivity index (χ4v) is 2.91. The molecule has 0 saturated heterocycles. The highest BCUT2D eigenvalue weighted by atomic mass is 16.6. The van der Waals surface area contributed by atoms with E-state index in [1.807, 2.05) is 18.2 Å². The number of benzene rings is 3. The first-order valence-corrected chi connectivity index (χ1v) is 11.2. The van der Waals surface area contributed by atoms with Crippen molar-refractivity contribution >= 4 is 18.1 Å². The van der Waals surface area contributed by atoms with Crippen molar-refractivity contribution in [3.63, 3.8) is 0 Å². The van der Waals surface area contributed by atoms with Crippen molar-refractivity contribution in [2.75, 3.05) is 20.3 Å². The van der Waals surface area contributed by atoms with E-state index in [4.69, 9.17) is 18.9 Å². The zero-order valence-electron chi connectivity index (χ0n) is 19.7. The molecule has 35 heavy (non-hydrogen) atoms. The van der Waals surface area contributed by atoms with Crippen LogP contribution in [0.5, 0.6) is 23.0 Å². The molecule has 3 rings (SSSR count). The largest absolute Gasteiger partial charge is 0.494 e. The lowest BCUT2D eigenvalue weighted by molar-refractivity contribution is -0.123. The number of amides is 1. The Balaban J connectivity index is 1.53. The first-order chi connectivity index (χ1) is 17.1. The molecule has 1 amide bonds. The number of hydrazone groups is 1. The van der Waals surface area contributed by atoms with Gasteiger partial charge in [-0.1, -0.05) is 31.5 Å². The van der Waals surface area contributed by atoms with E-state index < -0.39 is 11.9 Å². The van der Waals surface area contributed by atoms with Crippen LogP contribution in [0.15, 0.2) is 77.9 Å². The lowest BCUT2D eigenvalue weighted by atomic mass is 10.2. The Kier molecular flexibility index (Phi) is 9.68. The van der Waals surface area contributed by atoms with Gasteiger partial charge in [-0.05, 0) is 66.6 Å². The molecule has 0 spiro atoms. The topological polar surface area (TPSA) is 95.5 Å². The predicted molar refractivity (Wildman–Crippen MR) is 132 cm³/mol. The van der Waals surface area contributed by atoms with E-state index in [9.17, 15) is 9.59 Å². The molecule has 0 saturated carbocycles. The Morgan fingerprint density at radius 2 is 1.66 bits per heavy atom. The number of hydrogen-bond donors (Lipinski definition) is 1. The van der Waals surface area contributed by atoms with E-state index in [2.05, 4.69) is 17.5 Å². The number of carbonyl (C=O) groups excluding carboxylic acids is 2. The Bertz CT molecular complexity index is 1130. The van der Waals surface area contributed by atoms with Crippen LogP contribution in [0, 0.1) is 0 Å². The number of rotatable bonds is 12. The third kappa shape index (κ3) is 8.19. The lowest BCUT2D eigenvalue weighted by Gasteiger charge is -2.10. The zero-order chi connectivity index (χ0) is 24.9. The number of esters is 1. The minimum Gasteiger partial charge on any atom is -0.494 e. The van der Waals surface area contributed by atoms with Crippen LogP contribution in [0.1, 0.15) is 35.7 Å². The van der Waals surface area contributed by atoms with Crippen LogP contribution in [-0.2, 0) is 4.79 Å². The fourth-order valence-electron chi connectivity index (χ4n) is 2.91. The molecule has 0 unspecified atom stereocenters. The lowest BCUT2D eigenvalue weighted by Crippen LogP contribution is -2.24. The van der Waals surface area contributed by atoms with Gasteiger partial charge < -0.3 is 18.9 Å². The van der Waals surface area contributed by atoms with Crippen molar-refractivity contribution in [1.82, 2.24) is 5.43 Å². The molecule has 0 radical (unpaired) electrons. The summed E-state index contributed by atoms with van der Waals surface area (Å²) in [4.78, 5) is 24.4. The standard InChI is InChI=1S/C27H28N2O6/c1-3-4-16-33-23-13-11-21(12-14-23)27(31)35-24-15-10-20(17-25(24)32-2)18-28-29-26(30)19-34-22-8-6-5-7-9-22/h5-15,17-18H,3-4,16,19H2,1-2H3,(H,29,30)/b28-18+. The van der Waals surface area contributed by atoms with Gasteiger partial charge in [-0.25, -0.2) is 10.2 Å². The summed E-state index contributed by atoms with van der Waals surface area (Å²) in [7, 11) is 1.47. The molecule has 0 bridgehead atoms. The average Bonchev–Trinajstić information content (AvgIpc) is 2.89. The maximum atomic E-state index is 12.5. The number of carbonyl (C=O) groups is 2. The van der Waals surface area contributed by atoms with Crippen molar-refractivity contribution in [3.05, 3.63) is 83.9 Å². The van der Waals surface area contributed by atoms with Gasteiger partial charge in [0.05, 0.1) is 25.5 Å². The highest BCUT2D eigenvalue weighted by Crippen LogP contribution is 2.28. The molecule has 3 aromatic carbocycles. The molecule has 0 aromatic heterocycles. The number of methoxy groups -OCH3 is 1. The molecule has 0 fully saturated rings. The smallest absolute Gasteiger partial charge is 0.343 e. The van der Waals surface area contributed by atoms with Gasteiger partial charge in [0.15, 0.2) is 18.1 Å². The van der Waals surface area contributed by atoms with Gasteiger partial charge in [0.25, 0.3) is 5.91 Å². The monoisotopic (exact) mass is 476 g/mol. The molecule has 1 N–H and O–H groups in total. The van der Waals surface area contributed by atoms with Crippen LogP contribution in [0.25, 0.3) is 0 Å². The van der Waals surface area contributed by atoms with E-state index >= 15 is 0 Å². The molecule has 0 atom stereocenters. The Hall–Kier alpha value is -4.33. The molecule has 0 aliphatic heterocycles. The minimum absolute atomic E-state index is 0.161. The summed E-state index contributed by atoms with van der Waals surface area (Å²) in [6, 6.07) is 20.7. The highest BCUT2D eigenvalue weighted by Gasteiger charge is 2.13. The first-order valence-electron chi connectivity index (χ1n) is 11.2. The fraction of sp³-hybridized carbons (Fsp3) is 0.222. The molecule has 0 aliphatic carbocycles. The van der Waals surface area contributed by atoms with Crippen molar-refractivity contribution in [2.45, 2.75) is 19.8 Å². The van der Waals surface area contributed by atoms with E-state index in [0.717, 1.165) is 12.8 Å². The summed E-state index contributed by atoms with van der Waals surface area (Å²) >= 11 is 0. The third-order valence-corrected chi connectivity index (χ3v) is 4.76. The highest BCUT2D eigenvalue weighted by molar-refractivity contribution is 5.92. The number of nitrogens with zero attached hydrogens (tertiary/aromatic N) is 1. The van der Waals surface area contributed by atoms with Gasteiger partial charge in [0.2, 0.25) is 0 Å². The van der Waals surface area contributed by atoms with Crippen molar-refractivity contribution in [3.8, 4) is 23.0 Å². The van der Waals surface area contributed by atoms with Crippen LogP contribution < -0.4 is 24.4 Å². The van der Waals surface area contributed by atoms with Gasteiger partial charge in [-0.15, -0.1) is 0 Å². The molecule has 8 heteroatoms. The molecule has 8 nitrogen and oxygen atoms in total. The quantitative estimate of drug-likeness (QED) is 0.135. The number of para-hydroxylation sites is 1. The number of unbranched alkanes of at least 4 members (excludes halogenated alkanes) is 1. The van der Waals surface area contributed by atoms with Crippen LogP contribution in [-0.4, -0.2) is 38.4 Å². The van der Waals surface area contributed by atoms with Gasteiger partial charge in [0.1, 0.15) is 11.5 Å². The maximum Gasteiger partial charge on any atom is 0.343 e. The zero-order valence-corrected chi connectivity index (χ0v) is 19.7. The summed E-state index contributed by atoms with van der Waals surface area (Å²) in [5.41, 5.74) is 3.42. The number of nitrogens with one attached hydrogen (secondary N) is 1. The molecular weight excluding hydrogens is 448 g/mol. The summed E-state index contributed by atoms with van der Waals surface area (Å²) in [5, 5.41) is 3.92. The summed E-state index contributed by atoms with van der Waals surface area (Å²) in [5.74, 6) is 0.992. The van der Waals surface area contributed by atoms with Crippen LogP contribution in [0.4, 0.5) is 0 Å². The van der Waals surface area contributed by atoms with E-state index in [1.54, 1.807) is 54.6 Å². The van der Waals surface area contributed by atoms with Crippen molar-refractivity contribution in [2.24, 2.45) is 5.10 Å². The molecule has 0 heterocycles. The number of ether oxygens (including phenoxy) is 4. The normalized spacial score (nSPS) is 10.6. The minimum atomic E-state index is -0.518. The van der Waals surface area contributed by atoms with Gasteiger partial charge in [-0.2, -0.15) is 5.10 Å². The van der Waals surface area contributed by atoms with E-state index in [0.29, 0.717) is 35.0 Å². The SMILES string of the molecule is CCCCOc1ccc(C(=O)Oc2ccc(/C=N/NC(=O)COc3ccccc3)cc2OC)cc1. The summed E-state index contributed by atoms with van der Waals surface area (Å²) < 4.78 is 21.8. The second-order valence-electron chi connectivity index (χ2n) is 7.42. The van der Waals surface area contributed by atoms with E-state index in [-0.39, 0.29) is 12.4 Å². The molecule has 0 aliphatic rings. The Morgan fingerprint density at radius 1 is 0.914 bits per heavy atom. The molecule has 3 aromatic rings. The van der Waals surface area contributed by atoms with Crippen LogP contribution >= 0.6 is 0 Å². The van der Waals surface area contributed by atoms with E-state index in [1.165, 1.54) is 13.3 Å². The Morgan fingerprint density at radius 3 is 2.37 bits per heavy atom. The summed E-state index contributed by atoms with van der Waals surface area (Å²) in [6.45, 7) is 2.57. The van der Waals surface area contributed by atoms with Crippen molar-refractivity contribution in [1.29, 1.82) is 0 Å². The van der Waals surface area contributed by atoms with Gasteiger partial charge >= 0.3 is 5.97 Å². The van der Waals surface area contributed by atoms with Gasteiger partial charge in [0, 0.05) is 0 Å². The maximum absolute atomic E-state index is 12.5. The predicted octanol–water partition coefficient (Wildman–Crippen LogP) is 4.62. The number of hydrogen-bond acceptors (Lipinski definition) is 7. The average molecular weight is 477 g/mol. The van der Waals surface area contributed by atoms with Gasteiger partial charge in [-0.3, -0.25) is 4.79 Å². The summed E-state index contributed by atoms with van der Waals surface area (Å²) in [6.07, 6.45) is 3.47. The van der Waals surface area contributed by atoms with Crippen molar-refractivity contribution < 1.29 is 28.5 Å². The third-order valence-electron chi connectivity index (χ3n) is 4.76. The molecular formula is C27H28N2O6. The first kappa shape index (κ1) is 25.3. The second kappa shape index (κ2) is 13.4. The Labute approximate surface area is 204 Å².